The van der Waals surface area contributed by atoms with Gasteiger partial charge in [0.1, 0.15) is 5.60 Å². The highest BCUT2D eigenvalue weighted by Gasteiger charge is 2.32. The first-order valence-electron chi connectivity index (χ1n) is 6.56. The number of benzene rings is 1. The Kier molecular flexibility index (Phi) is 3.60. The molecule has 17 heavy (non-hydrogen) atoms. The number of ether oxygens (including phenoxy) is 2. The van der Waals surface area contributed by atoms with Crippen molar-refractivity contribution in [3.8, 4) is 11.5 Å². The van der Waals surface area contributed by atoms with Crippen molar-refractivity contribution in [3.05, 3.63) is 23.8 Å². The zero-order chi connectivity index (χ0) is 12.3. The van der Waals surface area contributed by atoms with Gasteiger partial charge in [-0.25, -0.2) is 0 Å². The Balaban J connectivity index is 2.03. The van der Waals surface area contributed by atoms with E-state index < -0.39 is 0 Å². The molecule has 1 aliphatic rings. The Morgan fingerprint density at radius 2 is 2.12 bits per heavy atom. The summed E-state index contributed by atoms with van der Waals surface area (Å²) in [7, 11) is 0. The lowest BCUT2D eigenvalue weighted by Gasteiger charge is -2.18. The van der Waals surface area contributed by atoms with Crippen LogP contribution in [0.15, 0.2) is 18.2 Å². The Labute approximate surface area is 104 Å². The first kappa shape index (κ1) is 12.3. The Hall–Kier alpha value is -1.18. The Bertz CT molecular complexity index is 383. The van der Waals surface area contributed by atoms with Crippen LogP contribution in [0.4, 0.5) is 0 Å². The van der Waals surface area contributed by atoms with Crippen LogP contribution in [-0.2, 0) is 6.42 Å². The quantitative estimate of drug-likeness (QED) is 0.718. The van der Waals surface area contributed by atoms with Crippen LogP contribution in [0.25, 0.3) is 0 Å². The normalized spacial score (nSPS) is 16.4. The van der Waals surface area contributed by atoms with Crippen LogP contribution in [0, 0.1) is 0 Å². The van der Waals surface area contributed by atoms with Crippen LogP contribution in [0.5, 0.6) is 11.5 Å². The van der Waals surface area contributed by atoms with Gasteiger partial charge in [0.25, 0.3) is 0 Å². The molecular formula is C15H22O2. The third-order valence-corrected chi connectivity index (χ3v) is 3.06. The fourth-order valence-corrected chi connectivity index (χ4v) is 2.24. The molecule has 0 aliphatic carbocycles. The van der Waals surface area contributed by atoms with Gasteiger partial charge in [0.15, 0.2) is 11.5 Å². The maximum Gasteiger partial charge on any atom is 0.165 e. The molecule has 0 saturated heterocycles. The lowest BCUT2D eigenvalue weighted by atomic mass is 10.0. The van der Waals surface area contributed by atoms with Crippen molar-refractivity contribution in [3.63, 3.8) is 0 Å². The van der Waals surface area contributed by atoms with E-state index in [-0.39, 0.29) is 5.60 Å². The molecule has 0 spiro atoms. The zero-order valence-electron chi connectivity index (χ0n) is 11.1. The summed E-state index contributed by atoms with van der Waals surface area (Å²) in [6.45, 7) is 7.22. The van der Waals surface area contributed by atoms with Crippen molar-refractivity contribution in [1.82, 2.24) is 0 Å². The summed E-state index contributed by atoms with van der Waals surface area (Å²) in [4.78, 5) is 0. The summed E-state index contributed by atoms with van der Waals surface area (Å²) in [5.41, 5.74) is 1.17. The lowest BCUT2D eigenvalue weighted by Crippen LogP contribution is -2.24. The standard InChI is InChI=1S/C15H22O2/c1-4-5-6-10-16-13-9-7-8-12-11-15(2,3)17-14(12)13/h7-9H,4-6,10-11H2,1-3H3. The monoisotopic (exact) mass is 234 g/mol. The first-order valence-corrected chi connectivity index (χ1v) is 6.56. The summed E-state index contributed by atoms with van der Waals surface area (Å²) < 4.78 is 11.8. The molecule has 1 heterocycles. The molecule has 2 heteroatoms. The maximum absolute atomic E-state index is 5.96. The summed E-state index contributed by atoms with van der Waals surface area (Å²) in [6, 6.07) is 6.19. The van der Waals surface area contributed by atoms with Crippen LogP contribution in [0.1, 0.15) is 45.6 Å². The van der Waals surface area contributed by atoms with Gasteiger partial charge in [0, 0.05) is 12.0 Å². The highest BCUT2D eigenvalue weighted by molar-refractivity contribution is 5.50. The third kappa shape index (κ3) is 2.93. The molecular weight excluding hydrogens is 212 g/mol. The summed E-state index contributed by atoms with van der Waals surface area (Å²) in [6.07, 6.45) is 4.53. The van der Waals surface area contributed by atoms with Crippen molar-refractivity contribution < 1.29 is 9.47 Å². The predicted molar refractivity (Wildman–Crippen MR) is 69.9 cm³/mol. The Morgan fingerprint density at radius 3 is 2.88 bits per heavy atom. The van der Waals surface area contributed by atoms with Gasteiger partial charge >= 0.3 is 0 Å². The van der Waals surface area contributed by atoms with Crippen LogP contribution >= 0.6 is 0 Å². The maximum atomic E-state index is 5.96. The predicted octanol–water partition coefficient (Wildman–Crippen LogP) is 3.97. The highest BCUT2D eigenvalue weighted by atomic mass is 16.5. The van der Waals surface area contributed by atoms with Crippen LogP contribution < -0.4 is 9.47 Å². The first-order chi connectivity index (χ1) is 8.12. The van der Waals surface area contributed by atoms with Gasteiger partial charge in [-0.05, 0) is 26.3 Å². The second kappa shape index (κ2) is 4.99. The number of hydrogen-bond acceptors (Lipinski definition) is 2. The molecule has 1 aromatic rings. The number of rotatable bonds is 5. The van der Waals surface area contributed by atoms with E-state index >= 15 is 0 Å². The van der Waals surface area contributed by atoms with Crippen molar-refractivity contribution >= 4 is 0 Å². The third-order valence-electron chi connectivity index (χ3n) is 3.06. The minimum Gasteiger partial charge on any atom is -0.490 e. The topological polar surface area (TPSA) is 18.5 Å². The molecule has 0 bridgehead atoms. The molecule has 2 rings (SSSR count). The molecule has 0 aromatic heterocycles. The van der Waals surface area contributed by atoms with Gasteiger partial charge in [-0.15, -0.1) is 0 Å². The van der Waals surface area contributed by atoms with E-state index in [1.54, 1.807) is 0 Å². The van der Waals surface area contributed by atoms with Gasteiger partial charge in [0.2, 0.25) is 0 Å². The fraction of sp³-hybridized carbons (Fsp3) is 0.600. The van der Waals surface area contributed by atoms with Gasteiger partial charge in [0.05, 0.1) is 6.61 Å². The molecule has 0 fully saturated rings. The minimum absolute atomic E-state index is 0.0920. The van der Waals surface area contributed by atoms with E-state index in [1.807, 2.05) is 6.07 Å². The van der Waals surface area contributed by atoms with Crippen molar-refractivity contribution in [2.45, 2.75) is 52.1 Å². The van der Waals surface area contributed by atoms with Crippen molar-refractivity contribution in [2.24, 2.45) is 0 Å². The van der Waals surface area contributed by atoms with E-state index in [0.717, 1.165) is 30.9 Å². The molecule has 1 aliphatic heterocycles. The molecule has 94 valence electrons. The van der Waals surface area contributed by atoms with E-state index in [0.29, 0.717) is 0 Å². The molecule has 0 amide bonds. The summed E-state index contributed by atoms with van der Waals surface area (Å²) in [5.74, 6) is 1.86. The molecule has 0 radical (unpaired) electrons. The molecule has 0 saturated carbocycles. The number of unbranched alkanes of at least 4 members (excludes halogenated alkanes) is 2. The average Bonchev–Trinajstić information content (AvgIpc) is 2.59. The Morgan fingerprint density at radius 1 is 1.29 bits per heavy atom. The van der Waals surface area contributed by atoms with Gasteiger partial charge < -0.3 is 9.47 Å². The minimum atomic E-state index is -0.0920. The number of fused-ring (bicyclic) bond motifs is 1. The highest BCUT2D eigenvalue weighted by Crippen LogP contribution is 2.41. The van der Waals surface area contributed by atoms with Gasteiger partial charge in [-0.3, -0.25) is 0 Å². The largest absolute Gasteiger partial charge is 0.490 e. The molecule has 0 unspecified atom stereocenters. The van der Waals surface area contributed by atoms with E-state index in [9.17, 15) is 0 Å². The van der Waals surface area contributed by atoms with Gasteiger partial charge in [-0.2, -0.15) is 0 Å². The van der Waals surface area contributed by atoms with Crippen LogP contribution in [0.2, 0.25) is 0 Å². The smallest absolute Gasteiger partial charge is 0.165 e. The molecule has 2 nitrogen and oxygen atoms in total. The SMILES string of the molecule is CCCCCOc1cccc2c1OC(C)(C)C2. The van der Waals surface area contributed by atoms with Crippen molar-refractivity contribution in [1.29, 1.82) is 0 Å². The molecule has 1 aromatic carbocycles. The fourth-order valence-electron chi connectivity index (χ4n) is 2.24. The van der Waals surface area contributed by atoms with E-state index in [1.165, 1.54) is 18.4 Å². The van der Waals surface area contributed by atoms with E-state index in [2.05, 4.69) is 32.9 Å². The van der Waals surface area contributed by atoms with Crippen LogP contribution in [0.3, 0.4) is 0 Å². The lowest BCUT2D eigenvalue weighted by molar-refractivity contribution is 0.132. The number of hydrogen-bond donors (Lipinski definition) is 0. The van der Waals surface area contributed by atoms with E-state index in [4.69, 9.17) is 9.47 Å². The molecule has 0 N–H and O–H groups in total. The summed E-state index contributed by atoms with van der Waals surface area (Å²) in [5, 5.41) is 0. The second-order valence-corrected chi connectivity index (χ2v) is 5.34. The van der Waals surface area contributed by atoms with Crippen molar-refractivity contribution in [2.75, 3.05) is 6.61 Å². The number of para-hydroxylation sites is 1. The molecule has 0 atom stereocenters. The van der Waals surface area contributed by atoms with Gasteiger partial charge in [-0.1, -0.05) is 31.9 Å². The summed E-state index contributed by atoms with van der Waals surface area (Å²) >= 11 is 0. The second-order valence-electron chi connectivity index (χ2n) is 5.34. The average molecular weight is 234 g/mol. The zero-order valence-corrected chi connectivity index (χ0v) is 11.1. The van der Waals surface area contributed by atoms with Crippen LogP contribution in [-0.4, -0.2) is 12.2 Å².